The molecule has 1 fully saturated rings. The monoisotopic (exact) mass is 540 g/mol. The maximum Gasteiger partial charge on any atom is 0.227 e. The van der Waals surface area contributed by atoms with E-state index in [2.05, 4.69) is 61.3 Å². The van der Waals surface area contributed by atoms with Gasteiger partial charge in [-0.2, -0.15) is 15.2 Å². The lowest BCUT2D eigenvalue weighted by atomic mass is 9.91. The zero-order chi connectivity index (χ0) is 24.8. The molecule has 1 aliphatic carbocycles. The number of nitrogens with one attached hydrogen (secondary N) is 3. The molecule has 0 amide bonds. The predicted molar refractivity (Wildman–Crippen MR) is 142 cm³/mol. The number of hydrogen-bond donors (Lipinski definition) is 3. The Labute approximate surface area is 214 Å². The molecule has 2 aromatic heterocycles. The predicted octanol–water partition coefficient (Wildman–Crippen LogP) is 5.13. The summed E-state index contributed by atoms with van der Waals surface area (Å²) in [7, 11) is 1.74. The number of aromatic nitrogens is 4. The van der Waals surface area contributed by atoms with E-state index in [0.717, 1.165) is 61.1 Å². The Balaban J connectivity index is 1.52. The molecule has 35 heavy (non-hydrogen) atoms. The average Bonchev–Trinajstić information content (AvgIpc) is 3.27. The van der Waals surface area contributed by atoms with E-state index in [-0.39, 0.29) is 6.04 Å². The number of hydrogen-bond acceptors (Lipinski definition) is 8. The molecule has 1 aromatic carbocycles. The Morgan fingerprint density at radius 1 is 1.17 bits per heavy atom. The first-order chi connectivity index (χ1) is 17.0. The highest BCUT2D eigenvalue weighted by atomic mass is 79.9. The van der Waals surface area contributed by atoms with E-state index >= 15 is 0 Å². The largest absolute Gasteiger partial charge is 0.385 e. The number of fused-ring (bicyclic) bond motifs is 1. The van der Waals surface area contributed by atoms with Gasteiger partial charge in [0.15, 0.2) is 17.0 Å². The Morgan fingerprint density at radius 2 is 1.94 bits per heavy atom. The van der Waals surface area contributed by atoms with E-state index in [4.69, 9.17) is 14.7 Å². The molecule has 2 heterocycles. The van der Waals surface area contributed by atoms with Gasteiger partial charge in [-0.3, -0.25) is 0 Å². The van der Waals surface area contributed by atoms with Crippen LogP contribution in [-0.2, 0) is 4.74 Å². The van der Waals surface area contributed by atoms with Crippen molar-refractivity contribution < 1.29 is 4.74 Å². The zero-order valence-corrected chi connectivity index (χ0v) is 22.1. The molecule has 186 valence electrons. The normalized spacial score (nSPS) is 18.1. The van der Waals surface area contributed by atoms with Crippen LogP contribution in [0.15, 0.2) is 29.0 Å². The molecule has 9 nitrogen and oxygen atoms in total. The van der Waals surface area contributed by atoms with Crippen LogP contribution in [0.3, 0.4) is 0 Å². The van der Waals surface area contributed by atoms with Crippen molar-refractivity contribution in [3.05, 3.63) is 34.6 Å². The van der Waals surface area contributed by atoms with Crippen LogP contribution in [0.25, 0.3) is 11.2 Å². The van der Waals surface area contributed by atoms with Gasteiger partial charge in [-0.1, -0.05) is 15.9 Å². The van der Waals surface area contributed by atoms with Crippen LogP contribution >= 0.6 is 15.9 Å². The SMILES string of the molecule is COCCCNC1CCC(Nc2nc(Nc3cc(Br)cc(C#N)c3)c3ncn(C(C)C)c3n2)CC1. The minimum atomic E-state index is 0.214. The summed E-state index contributed by atoms with van der Waals surface area (Å²) in [5.74, 6) is 1.21. The topological polar surface area (TPSA) is 113 Å². The number of imidazole rings is 1. The first-order valence-electron chi connectivity index (χ1n) is 12.2. The lowest BCUT2D eigenvalue weighted by molar-refractivity contribution is 0.192. The van der Waals surface area contributed by atoms with Gasteiger partial charge in [-0.25, -0.2) is 4.98 Å². The molecule has 3 aromatic rings. The van der Waals surface area contributed by atoms with Crippen LogP contribution in [0.2, 0.25) is 0 Å². The second-order valence-electron chi connectivity index (χ2n) is 9.27. The molecule has 0 unspecified atom stereocenters. The van der Waals surface area contributed by atoms with Crippen molar-refractivity contribution in [3.63, 3.8) is 0 Å². The molecule has 0 atom stereocenters. The van der Waals surface area contributed by atoms with Crippen molar-refractivity contribution in [2.24, 2.45) is 0 Å². The number of benzene rings is 1. The van der Waals surface area contributed by atoms with E-state index in [1.807, 2.05) is 6.07 Å². The summed E-state index contributed by atoms with van der Waals surface area (Å²) >= 11 is 3.48. The standard InChI is InChI=1S/C25H33BrN8O/c1-16(2)34-15-29-22-23(30-21-12-17(14-27)11-18(26)13-21)32-25(33-24(22)34)31-20-7-5-19(6-8-20)28-9-4-10-35-3/h11-13,15-16,19-20,28H,4-10H2,1-3H3,(H2,30,31,32,33). The molecule has 0 radical (unpaired) electrons. The lowest BCUT2D eigenvalue weighted by Gasteiger charge is -2.30. The summed E-state index contributed by atoms with van der Waals surface area (Å²) in [5.41, 5.74) is 2.81. The fourth-order valence-corrected chi connectivity index (χ4v) is 4.95. The fraction of sp³-hybridized carbons (Fsp3) is 0.520. The van der Waals surface area contributed by atoms with Gasteiger partial charge >= 0.3 is 0 Å². The third-order valence-electron chi connectivity index (χ3n) is 6.29. The molecular weight excluding hydrogens is 508 g/mol. The van der Waals surface area contributed by atoms with Gasteiger partial charge in [0, 0.05) is 42.0 Å². The van der Waals surface area contributed by atoms with Gasteiger partial charge in [0.1, 0.15) is 0 Å². The average molecular weight is 541 g/mol. The van der Waals surface area contributed by atoms with Crippen LogP contribution in [0, 0.1) is 11.3 Å². The van der Waals surface area contributed by atoms with Crippen LogP contribution in [0.5, 0.6) is 0 Å². The second-order valence-corrected chi connectivity index (χ2v) is 10.2. The van der Waals surface area contributed by atoms with Crippen LogP contribution in [0.1, 0.15) is 57.6 Å². The quantitative estimate of drug-likeness (QED) is 0.303. The summed E-state index contributed by atoms with van der Waals surface area (Å²) in [6, 6.07) is 8.78. The number of rotatable bonds is 10. The van der Waals surface area contributed by atoms with Gasteiger partial charge in [-0.05, 0) is 70.7 Å². The molecule has 1 aliphatic rings. The number of anilines is 3. The third kappa shape index (κ3) is 6.48. The van der Waals surface area contributed by atoms with Crippen molar-refractivity contribution in [1.29, 1.82) is 5.26 Å². The van der Waals surface area contributed by atoms with E-state index in [0.29, 0.717) is 34.9 Å². The number of nitriles is 1. The molecule has 0 aliphatic heterocycles. The highest BCUT2D eigenvalue weighted by molar-refractivity contribution is 9.10. The second kappa shape index (κ2) is 11.8. The van der Waals surface area contributed by atoms with Gasteiger partial charge in [0.25, 0.3) is 0 Å². The summed E-state index contributed by atoms with van der Waals surface area (Å²) < 4.78 is 8.01. The van der Waals surface area contributed by atoms with Crippen LogP contribution in [-0.4, -0.2) is 51.9 Å². The van der Waals surface area contributed by atoms with E-state index in [1.54, 1.807) is 25.6 Å². The lowest BCUT2D eigenvalue weighted by Crippen LogP contribution is -2.37. The first-order valence-corrected chi connectivity index (χ1v) is 13.0. The molecule has 0 bridgehead atoms. The van der Waals surface area contributed by atoms with Crippen molar-refractivity contribution in [2.75, 3.05) is 30.9 Å². The fourth-order valence-electron chi connectivity index (χ4n) is 4.46. The van der Waals surface area contributed by atoms with Crippen molar-refractivity contribution in [2.45, 2.75) is 64.1 Å². The maximum atomic E-state index is 9.35. The zero-order valence-electron chi connectivity index (χ0n) is 20.5. The van der Waals surface area contributed by atoms with Crippen molar-refractivity contribution in [3.8, 4) is 6.07 Å². The molecule has 0 saturated heterocycles. The first kappa shape index (κ1) is 25.4. The number of halogens is 1. The van der Waals surface area contributed by atoms with Gasteiger partial charge in [-0.15, -0.1) is 0 Å². The Kier molecular flexibility index (Phi) is 8.55. The number of ether oxygens (including phenoxy) is 1. The molecule has 3 N–H and O–H groups in total. The summed E-state index contributed by atoms with van der Waals surface area (Å²) in [4.78, 5) is 14.2. The molecular formula is C25H33BrN8O. The Bertz CT molecular complexity index is 1180. The van der Waals surface area contributed by atoms with E-state index in [9.17, 15) is 5.26 Å². The highest BCUT2D eigenvalue weighted by Crippen LogP contribution is 2.29. The molecule has 10 heteroatoms. The number of nitrogens with zero attached hydrogens (tertiary/aromatic N) is 5. The van der Waals surface area contributed by atoms with Crippen LogP contribution in [0.4, 0.5) is 17.5 Å². The minimum Gasteiger partial charge on any atom is -0.385 e. The highest BCUT2D eigenvalue weighted by Gasteiger charge is 2.23. The smallest absolute Gasteiger partial charge is 0.227 e. The summed E-state index contributed by atoms with van der Waals surface area (Å²) in [6.45, 7) is 6.01. The van der Waals surface area contributed by atoms with E-state index in [1.165, 1.54) is 0 Å². The van der Waals surface area contributed by atoms with Gasteiger partial charge in [0.2, 0.25) is 5.95 Å². The number of methoxy groups -OCH3 is 1. The molecule has 0 spiro atoms. The third-order valence-corrected chi connectivity index (χ3v) is 6.74. The molecule has 1 saturated carbocycles. The summed E-state index contributed by atoms with van der Waals surface area (Å²) in [5, 5.41) is 19.9. The van der Waals surface area contributed by atoms with Crippen molar-refractivity contribution >= 4 is 44.5 Å². The van der Waals surface area contributed by atoms with Crippen molar-refractivity contribution in [1.82, 2.24) is 24.8 Å². The summed E-state index contributed by atoms with van der Waals surface area (Å²) in [6.07, 6.45) is 7.21. The maximum absolute atomic E-state index is 9.35. The van der Waals surface area contributed by atoms with E-state index < -0.39 is 0 Å². The Morgan fingerprint density at radius 3 is 2.66 bits per heavy atom. The van der Waals surface area contributed by atoms with Gasteiger partial charge in [0.05, 0.1) is 18.0 Å². The molecule has 4 rings (SSSR count). The Hall–Kier alpha value is -2.74. The van der Waals surface area contributed by atoms with Crippen LogP contribution < -0.4 is 16.0 Å². The van der Waals surface area contributed by atoms with Gasteiger partial charge < -0.3 is 25.3 Å². The minimum absolute atomic E-state index is 0.214.